The maximum Gasteiger partial charge on any atom is 0.243 e. The number of benzene rings is 1. The lowest BCUT2D eigenvalue weighted by Gasteiger charge is -2.11. The molecule has 1 aliphatic rings. The van der Waals surface area contributed by atoms with Gasteiger partial charge in [0.05, 0.1) is 12.4 Å². The third-order valence-electron chi connectivity index (χ3n) is 3.65. The van der Waals surface area contributed by atoms with Crippen LogP contribution in [0.15, 0.2) is 47.6 Å². The van der Waals surface area contributed by atoms with E-state index in [2.05, 4.69) is 20.0 Å². The third kappa shape index (κ3) is 4.48. The summed E-state index contributed by atoms with van der Waals surface area (Å²) in [7, 11) is -3.56. The van der Waals surface area contributed by atoms with Crippen LogP contribution in [0.25, 0.3) is 11.4 Å². The second-order valence-electron chi connectivity index (χ2n) is 5.25. The van der Waals surface area contributed by atoms with Gasteiger partial charge in [0.15, 0.2) is 5.82 Å². The second kappa shape index (κ2) is 7.83. The highest BCUT2D eigenvalue weighted by Gasteiger charge is 2.20. The molecule has 124 valence electrons. The molecule has 0 bridgehead atoms. The van der Waals surface area contributed by atoms with Crippen LogP contribution in [-0.4, -0.2) is 37.5 Å². The first-order chi connectivity index (χ1) is 10.6. The Kier molecular flexibility index (Phi) is 6.06. The van der Waals surface area contributed by atoms with E-state index in [9.17, 15) is 8.42 Å². The van der Waals surface area contributed by atoms with Crippen LogP contribution in [0.5, 0.6) is 0 Å². The predicted molar refractivity (Wildman–Crippen MR) is 90.9 cm³/mol. The zero-order chi connectivity index (χ0) is 15.4. The van der Waals surface area contributed by atoms with Crippen LogP contribution < -0.4 is 10.0 Å². The van der Waals surface area contributed by atoms with E-state index in [1.807, 2.05) is 30.3 Å². The fraction of sp³-hybridized carbons (Fsp3) is 0.333. The van der Waals surface area contributed by atoms with Gasteiger partial charge in [0.1, 0.15) is 4.90 Å². The topological polar surface area (TPSA) is 84.0 Å². The van der Waals surface area contributed by atoms with Crippen molar-refractivity contribution in [2.24, 2.45) is 0 Å². The van der Waals surface area contributed by atoms with E-state index in [1.54, 1.807) is 0 Å². The van der Waals surface area contributed by atoms with Crippen LogP contribution in [0.3, 0.4) is 0 Å². The Morgan fingerprint density at radius 1 is 1.17 bits per heavy atom. The van der Waals surface area contributed by atoms with E-state index in [4.69, 9.17) is 0 Å². The molecule has 2 heterocycles. The van der Waals surface area contributed by atoms with Crippen LogP contribution >= 0.6 is 12.4 Å². The van der Waals surface area contributed by atoms with Gasteiger partial charge in [0, 0.05) is 18.2 Å². The fourth-order valence-corrected chi connectivity index (χ4v) is 3.39. The summed E-state index contributed by atoms with van der Waals surface area (Å²) < 4.78 is 27.0. The first kappa shape index (κ1) is 17.8. The van der Waals surface area contributed by atoms with Crippen LogP contribution in [0.1, 0.15) is 12.8 Å². The third-order valence-corrected chi connectivity index (χ3v) is 5.03. The fourth-order valence-electron chi connectivity index (χ4n) is 2.42. The Hall–Kier alpha value is -1.54. The van der Waals surface area contributed by atoms with Crippen molar-refractivity contribution in [3.8, 4) is 11.4 Å². The molecule has 1 atom stereocenters. The van der Waals surface area contributed by atoms with Gasteiger partial charge in [0.2, 0.25) is 10.0 Å². The minimum atomic E-state index is -3.56. The van der Waals surface area contributed by atoms with Crippen molar-refractivity contribution in [2.75, 3.05) is 13.1 Å². The molecule has 1 unspecified atom stereocenters. The number of rotatable bonds is 5. The molecule has 0 radical (unpaired) electrons. The summed E-state index contributed by atoms with van der Waals surface area (Å²) in [6.07, 6.45) is 4.77. The summed E-state index contributed by atoms with van der Waals surface area (Å²) in [4.78, 5) is 8.39. The average molecular weight is 355 g/mol. The van der Waals surface area contributed by atoms with Crippen LogP contribution in [0, 0.1) is 0 Å². The van der Waals surface area contributed by atoms with E-state index in [0.717, 1.165) is 24.9 Å². The molecule has 3 rings (SSSR count). The van der Waals surface area contributed by atoms with Crippen molar-refractivity contribution < 1.29 is 8.42 Å². The van der Waals surface area contributed by atoms with Crippen molar-refractivity contribution in [2.45, 2.75) is 23.8 Å². The molecule has 0 aliphatic carbocycles. The zero-order valence-electron chi connectivity index (χ0n) is 12.5. The summed E-state index contributed by atoms with van der Waals surface area (Å²) in [5.41, 5.74) is 0.856. The number of hydrogen-bond acceptors (Lipinski definition) is 5. The molecule has 0 spiro atoms. The molecular weight excluding hydrogens is 336 g/mol. The second-order valence-corrected chi connectivity index (χ2v) is 7.02. The quantitative estimate of drug-likeness (QED) is 0.852. The number of nitrogens with one attached hydrogen (secondary N) is 2. The number of aromatic nitrogens is 2. The molecular formula is C15H19ClN4O2S. The Morgan fingerprint density at radius 3 is 2.48 bits per heavy atom. The van der Waals surface area contributed by atoms with Crippen LogP contribution in [-0.2, 0) is 10.0 Å². The normalized spacial score (nSPS) is 17.7. The molecule has 1 fully saturated rings. The number of halogens is 1. The van der Waals surface area contributed by atoms with Gasteiger partial charge in [-0.2, -0.15) is 0 Å². The molecule has 6 nitrogen and oxygen atoms in total. The van der Waals surface area contributed by atoms with E-state index in [-0.39, 0.29) is 23.3 Å². The molecule has 2 aromatic rings. The van der Waals surface area contributed by atoms with Gasteiger partial charge in [-0.1, -0.05) is 30.3 Å². The molecule has 1 aromatic heterocycles. The summed E-state index contributed by atoms with van der Waals surface area (Å²) in [5, 5.41) is 3.25. The highest BCUT2D eigenvalue weighted by Crippen LogP contribution is 2.15. The summed E-state index contributed by atoms with van der Waals surface area (Å²) >= 11 is 0. The molecule has 0 saturated carbocycles. The van der Waals surface area contributed by atoms with Crippen molar-refractivity contribution in [3.05, 3.63) is 42.7 Å². The molecule has 1 aliphatic heterocycles. The lowest BCUT2D eigenvalue weighted by Crippen LogP contribution is -2.37. The summed E-state index contributed by atoms with van der Waals surface area (Å²) in [6, 6.07) is 9.66. The Balaban J connectivity index is 0.00000192. The molecule has 1 aromatic carbocycles. The molecule has 2 N–H and O–H groups in total. The lowest BCUT2D eigenvalue weighted by molar-refractivity contribution is 0.551. The molecule has 23 heavy (non-hydrogen) atoms. The number of nitrogens with zero attached hydrogens (tertiary/aromatic N) is 2. The largest absolute Gasteiger partial charge is 0.313 e. The van der Waals surface area contributed by atoms with Gasteiger partial charge in [-0.05, 0) is 19.4 Å². The molecule has 8 heteroatoms. The Morgan fingerprint density at radius 2 is 1.87 bits per heavy atom. The zero-order valence-corrected chi connectivity index (χ0v) is 14.1. The summed E-state index contributed by atoms with van der Waals surface area (Å²) in [5.74, 6) is 0.511. The SMILES string of the molecule is Cl.O=S(=O)(NCC1CCCN1)c1cnc(-c2ccccc2)nc1. The van der Waals surface area contributed by atoms with Gasteiger partial charge in [-0.15, -0.1) is 12.4 Å². The van der Waals surface area contributed by atoms with Crippen molar-refractivity contribution in [3.63, 3.8) is 0 Å². The van der Waals surface area contributed by atoms with Gasteiger partial charge >= 0.3 is 0 Å². The number of sulfonamides is 1. The van der Waals surface area contributed by atoms with Crippen molar-refractivity contribution in [1.82, 2.24) is 20.0 Å². The Bertz CT molecular complexity index is 717. The van der Waals surface area contributed by atoms with Crippen molar-refractivity contribution >= 4 is 22.4 Å². The van der Waals surface area contributed by atoms with Gasteiger partial charge in [0.25, 0.3) is 0 Å². The van der Waals surface area contributed by atoms with E-state index >= 15 is 0 Å². The van der Waals surface area contributed by atoms with E-state index in [1.165, 1.54) is 12.4 Å². The minimum Gasteiger partial charge on any atom is -0.313 e. The smallest absolute Gasteiger partial charge is 0.243 e. The van der Waals surface area contributed by atoms with Crippen LogP contribution in [0.2, 0.25) is 0 Å². The minimum absolute atomic E-state index is 0. The van der Waals surface area contributed by atoms with Crippen LogP contribution in [0.4, 0.5) is 0 Å². The monoisotopic (exact) mass is 354 g/mol. The predicted octanol–water partition coefficient (Wildman–Crippen LogP) is 1.60. The summed E-state index contributed by atoms with van der Waals surface area (Å²) in [6.45, 7) is 1.34. The molecule has 0 amide bonds. The van der Waals surface area contributed by atoms with Gasteiger partial charge in [-0.25, -0.2) is 23.1 Å². The molecule has 1 saturated heterocycles. The van der Waals surface area contributed by atoms with Crippen molar-refractivity contribution in [1.29, 1.82) is 0 Å². The van der Waals surface area contributed by atoms with Gasteiger partial charge < -0.3 is 5.32 Å². The highest BCUT2D eigenvalue weighted by atomic mass is 35.5. The van der Waals surface area contributed by atoms with E-state index in [0.29, 0.717) is 12.4 Å². The first-order valence-electron chi connectivity index (χ1n) is 7.26. The number of hydrogen-bond donors (Lipinski definition) is 2. The maximum absolute atomic E-state index is 12.2. The van der Waals surface area contributed by atoms with E-state index < -0.39 is 10.0 Å². The maximum atomic E-state index is 12.2. The highest BCUT2D eigenvalue weighted by molar-refractivity contribution is 7.89. The Labute approximate surface area is 142 Å². The first-order valence-corrected chi connectivity index (χ1v) is 8.74. The lowest BCUT2D eigenvalue weighted by atomic mass is 10.2. The van der Waals surface area contributed by atoms with Gasteiger partial charge in [-0.3, -0.25) is 0 Å². The standard InChI is InChI=1S/C15H18N4O2S.ClH/c20-22(21,19-9-13-7-4-8-16-13)14-10-17-15(18-11-14)12-5-2-1-3-6-12;/h1-3,5-6,10-11,13,16,19H,4,7-9H2;1H. The average Bonchev–Trinajstić information content (AvgIpc) is 3.08.